The number of alkyl halides is 2. The quantitative estimate of drug-likeness (QED) is 0.0353. The number of hydrogen-bond donors (Lipinski definition) is 6. The van der Waals surface area contributed by atoms with E-state index in [0.717, 1.165) is 31.6 Å². The Morgan fingerprint density at radius 2 is 0.865 bits per heavy atom. The number of likely N-dealkylation sites (tertiary alicyclic amines) is 3. The smallest absolute Gasteiger partial charge is 0.411 e. The van der Waals surface area contributed by atoms with Crippen LogP contribution in [0.2, 0.25) is 10.0 Å². The second kappa shape index (κ2) is 39.7. The third-order valence-corrected chi connectivity index (χ3v) is 20.2. The van der Waals surface area contributed by atoms with Crippen molar-refractivity contribution in [3.8, 4) is 0 Å². The second-order valence-corrected chi connectivity index (χ2v) is 33.4. The Morgan fingerprint density at radius 1 is 0.505 bits per heavy atom. The third kappa shape index (κ3) is 26.3. The van der Waals surface area contributed by atoms with Gasteiger partial charge in [0.15, 0.2) is 23.0 Å². The molecule has 4 aromatic rings. The summed E-state index contributed by atoms with van der Waals surface area (Å²) in [4.78, 5) is 123. The fourth-order valence-electron chi connectivity index (χ4n) is 13.6. The molecule has 25 nitrogen and oxygen atoms in total. The fraction of sp³-hybridized carbons (Fsp3) is 0.590. The third-order valence-electron chi connectivity index (χ3n) is 19.7. The van der Waals surface area contributed by atoms with Crippen LogP contribution in [0.4, 0.5) is 27.2 Å². The van der Waals surface area contributed by atoms with Gasteiger partial charge in [0.2, 0.25) is 5.91 Å². The number of aromatic nitrogens is 4. The molecule has 4 aliphatic heterocycles. The molecule has 9 N–H and O–H groups in total. The first kappa shape index (κ1) is 91.9. The number of carboxylic acids is 2. The highest BCUT2D eigenvalue weighted by molar-refractivity contribution is 6.40. The van der Waals surface area contributed by atoms with Gasteiger partial charge in [-0.1, -0.05) is 23.2 Å². The van der Waals surface area contributed by atoms with E-state index in [1.165, 1.54) is 20.7 Å². The topological polar surface area (TPSA) is 365 Å². The first-order valence-electron chi connectivity index (χ1n) is 36.9. The molecule has 8 aliphatic rings. The Labute approximate surface area is 664 Å². The van der Waals surface area contributed by atoms with Crippen molar-refractivity contribution in [2.45, 2.75) is 259 Å². The molecule has 4 aliphatic carbocycles. The summed E-state index contributed by atoms with van der Waals surface area (Å²) in [6, 6.07) is 8.80. The SMILES string of the molecule is CC(C)(C)OC(=O)N1[C@@H]2C[C@@H]2C[C@H]1C(=O)O.CC(C)=C(F)CCC(=O)[C@@H]1C[C@H]2C[C@H]2N1.CC(C)=C(F)CCC(=O)[C@@H]1C[C@H]2C[C@H]2N1C(=O)Cn1nc(C(N)=O)c2ccc(Cl)cc21.CC(C)=C(F)CCC(=O)[C@@H]1C[C@H]2C[C@H]2N1C(=O)OC(C)(C)C.CC(C)=C(F)CN.ClCCl.NC(=O)c1nn(CC(=O)O)c2cc(Cl)ccc12. The first-order chi connectivity index (χ1) is 51.7. The number of carbonyl (C=O) groups is 10. The number of piperidine rings is 4. The van der Waals surface area contributed by atoms with E-state index in [4.69, 9.17) is 83.3 Å². The van der Waals surface area contributed by atoms with Crippen LogP contribution >= 0.6 is 46.4 Å². The Kier molecular flexibility index (Phi) is 32.9. The van der Waals surface area contributed by atoms with E-state index in [2.05, 4.69) is 15.5 Å². The Morgan fingerprint density at radius 3 is 1.20 bits per heavy atom. The number of aliphatic carboxylic acids is 2. The molecule has 2 aromatic carbocycles. The summed E-state index contributed by atoms with van der Waals surface area (Å²) in [7, 11) is 0. The van der Waals surface area contributed by atoms with Crippen LogP contribution in [-0.4, -0.2) is 175 Å². The van der Waals surface area contributed by atoms with Crippen molar-refractivity contribution in [1.82, 2.24) is 39.6 Å². The van der Waals surface area contributed by atoms with Crippen molar-refractivity contribution in [1.29, 1.82) is 0 Å². The van der Waals surface area contributed by atoms with Crippen molar-refractivity contribution in [2.75, 3.05) is 11.9 Å². The highest BCUT2D eigenvalue weighted by Crippen LogP contribution is 2.51. The highest BCUT2D eigenvalue weighted by Gasteiger charge is 2.59. The van der Waals surface area contributed by atoms with Gasteiger partial charge in [0.25, 0.3) is 11.8 Å². The lowest BCUT2D eigenvalue weighted by atomic mass is 10.0. The number of nitrogens with one attached hydrogen (secondary N) is 1. The van der Waals surface area contributed by atoms with Crippen molar-refractivity contribution in [2.24, 2.45) is 40.9 Å². The molecule has 612 valence electrons. The summed E-state index contributed by atoms with van der Waals surface area (Å²) in [6.45, 7) is 23.9. The van der Waals surface area contributed by atoms with Gasteiger partial charge < -0.3 is 47.1 Å². The van der Waals surface area contributed by atoms with Crippen LogP contribution in [0.1, 0.15) is 208 Å². The lowest BCUT2D eigenvalue weighted by Crippen LogP contribution is -2.45. The van der Waals surface area contributed by atoms with E-state index in [0.29, 0.717) is 104 Å². The van der Waals surface area contributed by atoms with Gasteiger partial charge in [0, 0.05) is 90.1 Å². The molecule has 4 saturated carbocycles. The Bertz CT molecular complexity index is 4260. The largest absolute Gasteiger partial charge is 0.480 e. The maximum Gasteiger partial charge on any atom is 0.411 e. The number of halogens is 8. The minimum absolute atomic E-state index is 0.0127. The molecule has 0 spiro atoms. The molecule has 0 radical (unpaired) electrons. The average molecular weight is 1640 g/mol. The van der Waals surface area contributed by atoms with Crippen LogP contribution in [0.25, 0.3) is 21.8 Å². The molecular formula is C78H105Cl4F4N11O14. The number of ether oxygens (including phenoxy) is 2. The number of carboxylic acid groups (broad SMARTS) is 2. The lowest BCUT2D eigenvalue weighted by molar-refractivity contribution is -0.142. The monoisotopic (exact) mass is 1640 g/mol. The van der Waals surface area contributed by atoms with Gasteiger partial charge in [0.05, 0.1) is 52.0 Å². The van der Waals surface area contributed by atoms with Crippen molar-refractivity contribution in [3.05, 3.63) is 103 Å². The standard InChI is InChI=1S/C22H24ClFN4O3.C17H26FNO3.C12H18FNO.C11H17NO4.C10H8ClN3O3.C5H10FN.CH2Cl2/c1-11(2)15(24)5-6-19(29)18-8-12-7-16(12)28(18)20(30)10-27-17-9-13(23)3-4-14(17)21(26-27)22(25)31;1-10(2)12(18)6-7-15(20)14-9-11-8-13(11)19(14)16(21)22-17(3,4)5;1-7(2)9(13)3-4-12(15)11-6-8-5-10(8)14-11;1-11(2,3)16-10(15)12-7-4-6(7)5-8(12)9(13)14;11-5-1-2-6-7(3-5)14(4-8(15)16)13-9(6)10(12)17;1-4(2)5(6)3-7;2-1-3/h3-4,9,12,16,18H,5-8,10H2,1-2H3,(H2,25,31);11,13-14H,6-9H2,1-5H3;8,10-11,14H,3-6H2,1-2H3;6-8H,4-5H2,1-3H3,(H,13,14);1-3H,4H2,(H2,12,17)(H,15,16);3,7H2,1-2H3;1H2/t12-,16-,18+;11-,13-,14+;8-,10-,11+;6-,7-,8+;;;/m1111.../s1. The number of nitrogens with zero attached hydrogens (tertiary/aromatic N) is 7. The maximum absolute atomic E-state index is 13.8. The number of rotatable bonds is 20. The van der Waals surface area contributed by atoms with Gasteiger partial charge in [-0.2, -0.15) is 10.2 Å². The number of ketones is 3. The molecule has 4 saturated heterocycles. The summed E-state index contributed by atoms with van der Waals surface area (Å²) in [5.41, 5.74) is 18.0. The number of allylic oxidation sites excluding steroid dienone is 7. The molecular weight excluding hydrogens is 1530 g/mol. The van der Waals surface area contributed by atoms with Gasteiger partial charge in [-0.05, 0) is 231 Å². The van der Waals surface area contributed by atoms with Crippen molar-refractivity contribution in [3.63, 3.8) is 0 Å². The van der Waals surface area contributed by atoms with Crippen LogP contribution in [0.5, 0.6) is 0 Å². The average Bonchev–Trinajstić information content (AvgIpc) is 1.59. The molecule has 8 fully saturated rings. The number of fused-ring (bicyclic) bond motifs is 6. The lowest BCUT2D eigenvalue weighted by Gasteiger charge is -2.29. The maximum atomic E-state index is 13.8. The number of Topliss-reactive ketones (excluding diaryl/α,β-unsaturated/α-hetero) is 3. The van der Waals surface area contributed by atoms with E-state index < -0.39 is 65.3 Å². The van der Waals surface area contributed by atoms with Crippen LogP contribution < -0.4 is 22.5 Å². The van der Waals surface area contributed by atoms with Gasteiger partial charge in [-0.25, -0.2) is 31.9 Å². The van der Waals surface area contributed by atoms with E-state index in [-0.39, 0.29) is 139 Å². The van der Waals surface area contributed by atoms with Crippen LogP contribution in [0, 0.1) is 23.7 Å². The predicted octanol–water partition coefficient (Wildman–Crippen LogP) is 14.7. The zero-order valence-corrected chi connectivity index (χ0v) is 68.3. The number of primary amides is 2. The van der Waals surface area contributed by atoms with Crippen molar-refractivity contribution >= 4 is 127 Å². The Balaban J connectivity index is 0.000000215. The molecule has 6 heterocycles. The zero-order valence-electron chi connectivity index (χ0n) is 65.3. The second-order valence-electron chi connectivity index (χ2n) is 31.7. The molecule has 0 bridgehead atoms. The van der Waals surface area contributed by atoms with Gasteiger partial charge >= 0.3 is 24.1 Å². The molecule has 111 heavy (non-hydrogen) atoms. The molecule has 12 atom stereocenters. The summed E-state index contributed by atoms with van der Waals surface area (Å²) in [6.07, 6.45) is 6.90. The van der Waals surface area contributed by atoms with E-state index >= 15 is 0 Å². The molecule has 0 unspecified atom stereocenters. The minimum atomic E-state index is -1.06. The predicted molar refractivity (Wildman–Crippen MR) is 415 cm³/mol. The van der Waals surface area contributed by atoms with Crippen molar-refractivity contribution < 1.29 is 85.2 Å². The summed E-state index contributed by atoms with van der Waals surface area (Å²) < 4.78 is 65.8. The van der Waals surface area contributed by atoms with E-state index in [1.54, 1.807) is 122 Å². The van der Waals surface area contributed by atoms with Crippen LogP contribution in [0.15, 0.2) is 82.0 Å². The fourth-order valence-corrected chi connectivity index (χ4v) is 14.0. The summed E-state index contributed by atoms with van der Waals surface area (Å²) in [5.74, 6) is -2.70. The number of benzene rings is 2. The number of nitrogens with two attached hydrogens (primary N) is 3. The number of carbonyl (C=O) groups excluding carboxylic acids is 8. The number of hydrogen-bond acceptors (Lipinski definition) is 16. The molecule has 2 aromatic heterocycles. The van der Waals surface area contributed by atoms with E-state index in [9.17, 15) is 65.5 Å². The highest BCUT2D eigenvalue weighted by atomic mass is 35.5. The van der Waals surface area contributed by atoms with Gasteiger partial charge in [-0.3, -0.25) is 52.7 Å². The summed E-state index contributed by atoms with van der Waals surface area (Å²) in [5, 5.41) is 31.2. The minimum Gasteiger partial charge on any atom is -0.480 e. The first-order valence-corrected chi connectivity index (χ1v) is 38.7. The molecule has 33 heteroatoms. The summed E-state index contributed by atoms with van der Waals surface area (Å²) >= 11 is 21.4. The number of amides is 5. The Hall–Kier alpha value is -7.96. The molecule has 12 rings (SSSR count). The van der Waals surface area contributed by atoms with Crippen LogP contribution in [-0.2, 0) is 51.3 Å². The normalized spacial score (nSPS) is 22.7. The van der Waals surface area contributed by atoms with Gasteiger partial charge in [0.1, 0.15) is 41.9 Å². The van der Waals surface area contributed by atoms with Crippen LogP contribution in [0.3, 0.4) is 0 Å². The zero-order chi connectivity index (χ0) is 83.3. The van der Waals surface area contributed by atoms with E-state index in [1.807, 2.05) is 20.8 Å². The molecule has 5 amide bonds. The van der Waals surface area contributed by atoms with Gasteiger partial charge in [-0.15, -0.1) is 23.2 Å².